The summed E-state index contributed by atoms with van der Waals surface area (Å²) >= 11 is 5.88. The molecule has 1 aliphatic rings. The highest BCUT2D eigenvalue weighted by molar-refractivity contribution is 6.30. The van der Waals surface area contributed by atoms with Crippen LogP contribution in [0.5, 0.6) is 0 Å². The van der Waals surface area contributed by atoms with Crippen LogP contribution in [0, 0.1) is 5.92 Å². The molecule has 1 aliphatic carbocycles. The molecule has 1 unspecified atom stereocenters. The Labute approximate surface area is 116 Å². The van der Waals surface area contributed by atoms with E-state index in [0.717, 1.165) is 23.9 Å². The third-order valence-electron chi connectivity index (χ3n) is 4.15. The maximum Gasteiger partial charge on any atom is 0.0406 e. The maximum absolute atomic E-state index is 5.88. The molecule has 1 N–H and O–H groups in total. The molecule has 0 aliphatic heterocycles. The zero-order valence-electron chi connectivity index (χ0n) is 11.3. The van der Waals surface area contributed by atoms with Gasteiger partial charge in [0.2, 0.25) is 0 Å². The van der Waals surface area contributed by atoms with Crippen molar-refractivity contribution >= 4 is 11.6 Å². The molecule has 0 amide bonds. The highest BCUT2D eigenvalue weighted by Crippen LogP contribution is 2.26. The van der Waals surface area contributed by atoms with Gasteiger partial charge >= 0.3 is 0 Å². The van der Waals surface area contributed by atoms with Crippen molar-refractivity contribution in [2.75, 3.05) is 6.54 Å². The number of nitrogens with one attached hydrogen (secondary N) is 1. The summed E-state index contributed by atoms with van der Waals surface area (Å²) in [7, 11) is 0. The molecule has 1 aromatic rings. The van der Waals surface area contributed by atoms with E-state index in [2.05, 4.69) is 24.4 Å². The molecule has 100 valence electrons. The molecule has 0 heterocycles. The molecule has 18 heavy (non-hydrogen) atoms. The van der Waals surface area contributed by atoms with E-state index in [1.165, 1.54) is 37.7 Å². The van der Waals surface area contributed by atoms with Crippen molar-refractivity contribution in [2.45, 2.75) is 51.5 Å². The molecule has 2 rings (SSSR count). The quantitative estimate of drug-likeness (QED) is 0.830. The summed E-state index contributed by atoms with van der Waals surface area (Å²) in [5.74, 6) is 0.893. The van der Waals surface area contributed by atoms with Crippen molar-refractivity contribution in [2.24, 2.45) is 5.92 Å². The third kappa shape index (κ3) is 4.29. The Morgan fingerprint density at radius 3 is 2.50 bits per heavy atom. The van der Waals surface area contributed by atoms with Gasteiger partial charge in [-0.3, -0.25) is 0 Å². The van der Waals surface area contributed by atoms with Gasteiger partial charge in [0.1, 0.15) is 0 Å². The first-order valence-corrected chi connectivity index (χ1v) is 7.61. The van der Waals surface area contributed by atoms with Crippen LogP contribution in [-0.2, 0) is 6.42 Å². The van der Waals surface area contributed by atoms with Gasteiger partial charge in [0, 0.05) is 11.1 Å². The lowest BCUT2D eigenvalue weighted by Gasteiger charge is -2.28. The molecule has 0 saturated heterocycles. The molecule has 0 aromatic heterocycles. The van der Waals surface area contributed by atoms with E-state index in [1.807, 2.05) is 12.1 Å². The second-order valence-electron chi connectivity index (χ2n) is 5.52. The van der Waals surface area contributed by atoms with Crippen LogP contribution in [0.25, 0.3) is 0 Å². The molecule has 1 aromatic carbocycles. The summed E-state index contributed by atoms with van der Waals surface area (Å²) in [6.45, 7) is 3.41. The second kappa shape index (κ2) is 7.16. The molecule has 1 atom stereocenters. The standard InChI is InChI=1S/C16H24ClN/c1-13(15-5-3-2-4-6-15)18-12-11-14-7-9-16(17)10-8-14/h7-10,13,15,18H,2-6,11-12H2,1H3. The van der Waals surface area contributed by atoms with Crippen LogP contribution in [0.2, 0.25) is 5.02 Å². The van der Waals surface area contributed by atoms with E-state index in [0.29, 0.717) is 6.04 Å². The zero-order valence-corrected chi connectivity index (χ0v) is 12.0. The van der Waals surface area contributed by atoms with E-state index in [-0.39, 0.29) is 0 Å². The summed E-state index contributed by atoms with van der Waals surface area (Å²) in [4.78, 5) is 0. The second-order valence-corrected chi connectivity index (χ2v) is 5.95. The molecular weight excluding hydrogens is 242 g/mol. The lowest BCUT2D eigenvalue weighted by Crippen LogP contribution is -2.35. The topological polar surface area (TPSA) is 12.0 Å². The zero-order chi connectivity index (χ0) is 12.8. The van der Waals surface area contributed by atoms with Gasteiger partial charge in [-0.2, -0.15) is 0 Å². The molecule has 1 nitrogen and oxygen atoms in total. The van der Waals surface area contributed by atoms with Gasteiger partial charge in [-0.25, -0.2) is 0 Å². The average Bonchev–Trinajstić information content (AvgIpc) is 2.42. The number of hydrogen-bond donors (Lipinski definition) is 1. The highest BCUT2D eigenvalue weighted by Gasteiger charge is 2.19. The van der Waals surface area contributed by atoms with E-state index in [4.69, 9.17) is 11.6 Å². The summed E-state index contributed by atoms with van der Waals surface area (Å²) in [6.07, 6.45) is 8.20. The summed E-state index contributed by atoms with van der Waals surface area (Å²) in [6, 6.07) is 8.85. The Morgan fingerprint density at radius 2 is 1.83 bits per heavy atom. The molecule has 1 fully saturated rings. The van der Waals surface area contributed by atoms with Gasteiger partial charge in [-0.1, -0.05) is 43.0 Å². The number of benzene rings is 1. The SMILES string of the molecule is CC(NCCc1ccc(Cl)cc1)C1CCCCC1. The predicted octanol–water partition coefficient (Wildman–Crippen LogP) is 4.44. The van der Waals surface area contributed by atoms with Crippen molar-refractivity contribution in [3.8, 4) is 0 Å². The first kappa shape index (κ1) is 13.9. The fraction of sp³-hybridized carbons (Fsp3) is 0.625. The van der Waals surface area contributed by atoms with E-state index < -0.39 is 0 Å². The van der Waals surface area contributed by atoms with Crippen LogP contribution < -0.4 is 5.32 Å². The van der Waals surface area contributed by atoms with Crippen LogP contribution in [0.4, 0.5) is 0 Å². The van der Waals surface area contributed by atoms with Crippen molar-refractivity contribution in [1.29, 1.82) is 0 Å². The molecule has 0 radical (unpaired) electrons. The van der Waals surface area contributed by atoms with Crippen molar-refractivity contribution < 1.29 is 0 Å². The molecule has 0 bridgehead atoms. The van der Waals surface area contributed by atoms with E-state index >= 15 is 0 Å². The van der Waals surface area contributed by atoms with Crippen LogP contribution >= 0.6 is 11.6 Å². The lowest BCUT2D eigenvalue weighted by molar-refractivity contribution is 0.283. The number of halogens is 1. The van der Waals surface area contributed by atoms with Gasteiger partial charge in [0.15, 0.2) is 0 Å². The minimum atomic E-state index is 0.664. The van der Waals surface area contributed by atoms with Crippen LogP contribution in [-0.4, -0.2) is 12.6 Å². The molecular formula is C16H24ClN. The van der Waals surface area contributed by atoms with Gasteiger partial charge in [-0.15, -0.1) is 0 Å². The normalized spacial score (nSPS) is 18.8. The Hall–Kier alpha value is -0.530. The molecule has 2 heteroatoms. The number of rotatable bonds is 5. The summed E-state index contributed by atoms with van der Waals surface area (Å²) in [5, 5.41) is 4.50. The van der Waals surface area contributed by atoms with Gasteiger partial charge in [0.05, 0.1) is 0 Å². The Kier molecular flexibility index (Phi) is 5.52. The van der Waals surface area contributed by atoms with Gasteiger partial charge < -0.3 is 5.32 Å². The first-order valence-electron chi connectivity index (χ1n) is 7.23. The first-order chi connectivity index (χ1) is 8.75. The molecule has 0 spiro atoms. The maximum atomic E-state index is 5.88. The number of hydrogen-bond acceptors (Lipinski definition) is 1. The Balaban J connectivity index is 1.69. The Morgan fingerprint density at radius 1 is 1.17 bits per heavy atom. The minimum absolute atomic E-state index is 0.664. The Bertz CT molecular complexity index is 341. The predicted molar refractivity (Wildman–Crippen MR) is 79.2 cm³/mol. The van der Waals surface area contributed by atoms with Gasteiger partial charge in [-0.05, 0) is 56.3 Å². The monoisotopic (exact) mass is 265 g/mol. The van der Waals surface area contributed by atoms with Crippen molar-refractivity contribution in [1.82, 2.24) is 5.32 Å². The summed E-state index contributed by atoms with van der Waals surface area (Å²) in [5.41, 5.74) is 1.36. The largest absolute Gasteiger partial charge is 0.314 e. The highest BCUT2D eigenvalue weighted by atomic mass is 35.5. The molecule has 1 saturated carbocycles. The average molecular weight is 266 g/mol. The lowest BCUT2D eigenvalue weighted by atomic mass is 9.84. The van der Waals surface area contributed by atoms with E-state index in [9.17, 15) is 0 Å². The van der Waals surface area contributed by atoms with Crippen LogP contribution in [0.1, 0.15) is 44.6 Å². The smallest absolute Gasteiger partial charge is 0.0406 e. The van der Waals surface area contributed by atoms with E-state index in [1.54, 1.807) is 0 Å². The summed E-state index contributed by atoms with van der Waals surface area (Å²) < 4.78 is 0. The van der Waals surface area contributed by atoms with Gasteiger partial charge in [0.25, 0.3) is 0 Å². The fourth-order valence-electron chi connectivity index (χ4n) is 2.90. The van der Waals surface area contributed by atoms with Crippen LogP contribution in [0.15, 0.2) is 24.3 Å². The fourth-order valence-corrected chi connectivity index (χ4v) is 3.02. The van der Waals surface area contributed by atoms with Crippen molar-refractivity contribution in [3.05, 3.63) is 34.9 Å². The van der Waals surface area contributed by atoms with Crippen molar-refractivity contribution in [3.63, 3.8) is 0 Å². The minimum Gasteiger partial charge on any atom is -0.314 e. The van der Waals surface area contributed by atoms with Crippen LogP contribution in [0.3, 0.4) is 0 Å². The third-order valence-corrected chi connectivity index (χ3v) is 4.40.